The van der Waals surface area contributed by atoms with E-state index < -0.39 is 58.5 Å². The molecule has 6 nitrogen and oxygen atoms in total. The molecule has 4 rings (SSSR count). The number of halogens is 1. The SMILES string of the molecule is C[C@]12C=CC(=O)C=C1CC[C@H]1[C@@H]3C[C@@H](O)[C@@](O)(C(=O)CO)[C@@]3(C)C[C@H](O)[C@]12F. The van der Waals surface area contributed by atoms with Gasteiger partial charge in [-0.3, -0.25) is 9.59 Å². The molecule has 0 aromatic rings. The summed E-state index contributed by atoms with van der Waals surface area (Å²) in [6.07, 6.45) is 1.93. The van der Waals surface area contributed by atoms with Crippen molar-refractivity contribution in [2.24, 2.45) is 22.7 Å². The van der Waals surface area contributed by atoms with E-state index in [1.165, 1.54) is 18.2 Å². The lowest BCUT2D eigenvalue weighted by atomic mass is 9.44. The molecule has 7 heteroatoms. The summed E-state index contributed by atoms with van der Waals surface area (Å²) >= 11 is 0. The molecule has 0 unspecified atom stereocenters. The minimum atomic E-state index is -2.23. The Kier molecular flexibility index (Phi) is 4.13. The van der Waals surface area contributed by atoms with Crippen LogP contribution in [0.4, 0.5) is 4.39 Å². The molecule has 0 heterocycles. The molecule has 28 heavy (non-hydrogen) atoms. The number of hydrogen-bond acceptors (Lipinski definition) is 6. The van der Waals surface area contributed by atoms with Crippen molar-refractivity contribution in [2.75, 3.05) is 6.61 Å². The van der Waals surface area contributed by atoms with Gasteiger partial charge in [-0.1, -0.05) is 18.6 Å². The summed E-state index contributed by atoms with van der Waals surface area (Å²) in [5, 5.41) is 42.1. The third-order valence-electron chi connectivity index (χ3n) is 8.43. The van der Waals surface area contributed by atoms with Gasteiger partial charge in [0.25, 0.3) is 0 Å². The van der Waals surface area contributed by atoms with E-state index in [0.29, 0.717) is 18.4 Å². The highest BCUT2D eigenvalue weighted by atomic mass is 19.1. The average Bonchev–Trinajstić information content (AvgIpc) is 2.84. The molecule has 4 aliphatic carbocycles. The molecule has 154 valence electrons. The second kappa shape index (κ2) is 5.81. The van der Waals surface area contributed by atoms with Crippen molar-refractivity contribution in [3.05, 3.63) is 23.8 Å². The first-order valence-electron chi connectivity index (χ1n) is 9.82. The maximum Gasteiger partial charge on any atom is 0.192 e. The maximum atomic E-state index is 16.8. The topological polar surface area (TPSA) is 115 Å². The molecule has 8 atom stereocenters. The van der Waals surface area contributed by atoms with E-state index in [4.69, 9.17) is 0 Å². The van der Waals surface area contributed by atoms with Crippen LogP contribution >= 0.6 is 0 Å². The van der Waals surface area contributed by atoms with E-state index in [1.807, 2.05) is 0 Å². The van der Waals surface area contributed by atoms with Crippen molar-refractivity contribution >= 4 is 11.6 Å². The van der Waals surface area contributed by atoms with Crippen molar-refractivity contribution in [3.8, 4) is 0 Å². The van der Waals surface area contributed by atoms with Gasteiger partial charge in [0.1, 0.15) is 6.61 Å². The van der Waals surface area contributed by atoms with Gasteiger partial charge in [-0.2, -0.15) is 0 Å². The van der Waals surface area contributed by atoms with Crippen molar-refractivity contribution in [3.63, 3.8) is 0 Å². The molecule has 4 aliphatic rings. The van der Waals surface area contributed by atoms with Crippen LogP contribution in [0.1, 0.15) is 39.5 Å². The molecule has 0 amide bonds. The van der Waals surface area contributed by atoms with E-state index in [0.717, 1.165) is 0 Å². The largest absolute Gasteiger partial charge is 0.390 e. The predicted molar refractivity (Wildman–Crippen MR) is 96.8 cm³/mol. The number of carbonyl (C=O) groups excluding carboxylic acids is 2. The molecule has 0 bridgehead atoms. The van der Waals surface area contributed by atoms with Crippen molar-refractivity contribution in [1.82, 2.24) is 0 Å². The van der Waals surface area contributed by atoms with Crippen LogP contribution in [0, 0.1) is 22.7 Å². The highest BCUT2D eigenvalue weighted by Gasteiger charge is 2.76. The molecule has 4 N–H and O–H groups in total. The van der Waals surface area contributed by atoms with E-state index in [9.17, 15) is 30.0 Å². The highest BCUT2D eigenvalue weighted by Crippen LogP contribution is 2.69. The summed E-state index contributed by atoms with van der Waals surface area (Å²) < 4.78 is 16.8. The number of rotatable bonds is 2. The lowest BCUT2D eigenvalue weighted by Crippen LogP contribution is -2.69. The summed E-state index contributed by atoms with van der Waals surface area (Å²) in [5.41, 5.74) is -6.12. The zero-order chi connectivity index (χ0) is 20.7. The van der Waals surface area contributed by atoms with E-state index >= 15 is 4.39 Å². The standard InChI is InChI=1S/C21H27FO6/c1-18-6-5-12(24)7-11(18)3-4-13-14-8-15(25)21(28,17(27)10-23)19(14,2)9-16(26)20(13,18)22/h5-7,13-16,23,25-26,28H,3-4,8-10H2,1-2H3/t13-,14-,15+,16-,18-,19-,20+,21+/m0/s1. The smallest absolute Gasteiger partial charge is 0.192 e. The zero-order valence-corrected chi connectivity index (χ0v) is 16.1. The van der Waals surface area contributed by atoms with Gasteiger partial charge in [-0.05, 0) is 50.7 Å². The number of carbonyl (C=O) groups is 2. The number of aliphatic hydroxyl groups is 4. The number of Topliss-reactive ketones (excluding diaryl/α,β-unsaturated/α-hetero) is 1. The predicted octanol–water partition coefficient (Wildman–Crippen LogP) is 0.620. The number of allylic oxidation sites excluding steroid dienone is 4. The normalized spacial score (nSPS) is 52.5. The Balaban J connectivity index is 1.84. The van der Waals surface area contributed by atoms with Crippen molar-refractivity contribution in [1.29, 1.82) is 0 Å². The first kappa shape index (κ1) is 19.9. The lowest BCUT2D eigenvalue weighted by molar-refractivity contribution is -0.222. The molecule has 0 aromatic heterocycles. The van der Waals surface area contributed by atoms with Gasteiger partial charge >= 0.3 is 0 Å². The van der Waals surface area contributed by atoms with E-state index in [2.05, 4.69) is 0 Å². The lowest BCUT2D eigenvalue weighted by Gasteiger charge is -2.62. The van der Waals surface area contributed by atoms with E-state index in [1.54, 1.807) is 13.8 Å². The van der Waals surface area contributed by atoms with Gasteiger partial charge in [-0.25, -0.2) is 4.39 Å². The van der Waals surface area contributed by atoms with Crippen LogP contribution in [0.2, 0.25) is 0 Å². The molecule has 0 saturated heterocycles. The van der Waals surface area contributed by atoms with Gasteiger partial charge in [0.15, 0.2) is 22.8 Å². The van der Waals surface area contributed by atoms with Gasteiger partial charge in [0.2, 0.25) is 0 Å². The Morgan fingerprint density at radius 3 is 2.57 bits per heavy atom. The highest BCUT2D eigenvalue weighted by molar-refractivity contribution is 6.01. The van der Waals surface area contributed by atoms with Crippen molar-refractivity contribution < 1.29 is 34.4 Å². The van der Waals surface area contributed by atoms with Crippen LogP contribution in [-0.2, 0) is 9.59 Å². The summed E-state index contributed by atoms with van der Waals surface area (Å²) in [6, 6.07) is 0. The second-order valence-corrected chi connectivity index (χ2v) is 9.36. The fraction of sp³-hybridized carbons (Fsp3) is 0.714. The molecular weight excluding hydrogens is 367 g/mol. The van der Waals surface area contributed by atoms with Gasteiger partial charge < -0.3 is 20.4 Å². The minimum absolute atomic E-state index is 0.0135. The molecule has 3 saturated carbocycles. The van der Waals surface area contributed by atoms with Crippen LogP contribution < -0.4 is 0 Å². The van der Waals surface area contributed by atoms with Crippen LogP contribution in [0.15, 0.2) is 23.8 Å². The van der Waals surface area contributed by atoms with Gasteiger partial charge in [0.05, 0.1) is 12.2 Å². The molecule has 0 aliphatic heterocycles. The van der Waals surface area contributed by atoms with Crippen molar-refractivity contribution in [2.45, 2.75) is 63.0 Å². The Bertz CT molecular complexity index is 807. The average molecular weight is 394 g/mol. The van der Waals surface area contributed by atoms with Gasteiger partial charge in [0, 0.05) is 16.7 Å². The fourth-order valence-electron chi connectivity index (χ4n) is 6.85. The summed E-state index contributed by atoms with van der Waals surface area (Å²) in [7, 11) is 0. The Morgan fingerprint density at radius 2 is 1.93 bits per heavy atom. The quantitative estimate of drug-likeness (QED) is 0.546. The minimum Gasteiger partial charge on any atom is -0.390 e. The number of alkyl halides is 1. The molecule has 0 radical (unpaired) electrons. The summed E-state index contributed by atoms with van der Waals surface area (Å²) in [5.74, 6) is -2.38. The van der Waals surface area contributed by atoms with Gasteiger partial charge in [-0.15, -0.1) is 0 Å². The number of ketones is 2. The first-order chi connectivity index (χ1) is 13.0. The third-order valence-corrected chi connectivity index (χ3v) is 8.43. The van der Waals surface area contributed by atoms with Crippen LogP contribution in [0.3, 0.4) is 0 Å². The molecule has 0 aromatic carbocycles. The first-order valence-corrected chi connectivity index (χ1v) is 9.82. The van der Waals surface area contributed by atoms with Crippen LogP contribution in [0.5, 0.6) is 0 Å². The molecule has 3 fully saturated rings. The van der Waals surface area contributed by atoms with Crippen LogP contribution in [0.25, 0.3) is 0 Å². The zero-order valence-electron chi connectivity index (χ0n) is 16.1. The summed E-state index contributed by atoms with van der Waals surface area (Å²) in [4.78, 5) is 24.2. The van der Waals surface area contributed by atoms with E-state index in [-0.39, 0.29) is 18.6 Å². The fourth-order valence-corrected chi connectivity index (χ4v) is 6.85. The Morgan fingerprint density at radius 1 is 1.25 bits per heavy atom. The number of aliphatic hydroxyl groups excluding tert-OH is 3. The second-order valence-electron chi connectivity index (χ2n) is 9.36. The van der Waals surface area contributed by atoms with Crippen LogP contribution in [-0.4, -0.2) is 62.1 Å². The summed E-state index contributed by atoms with van der Waals surface area (Å²) in [6.45, 7) is 2.33. The third kappa shape index (κ3) is 2.01. The Hall–Kier alpha value is -1.41. The molecular formula is C21H27FO6. The number of hydrogen-bond donors (Lipinski definition) is 4. The Labute approximate surface area is 162 Å². The molecule has 0 spiro atoms. The monoisotopic (exact) mass is 394 g/mol. The maximum absolute atomic E-state index is 16.8. The number of fused-ring (bicyclic) bond motifs is 5.